The summed E-state index contributed by atoms with van der Waals surface area (Å²) in [5, 5.41) is 10.3. The maximum absolute atomic E-state index is 10.3. The van der Waals surface area contributed by atoms with E-state index in [0.29, 0.717) is 29.8 Å². The van der Waals surface area contributed by atoms with Gasteiger partial charge < -0.3 is 19.3 Å². The van der Waals surface area contributed by atoms with E-state index in [9.17, 15) is 5.11 Å². The summed E-state index contributed by atoms with van der Waals surface area (Å²) in [6.07, 6.45) is -0.519. The molecule has 0 saturated carbocycles. The van der Waals surface area contributed by atoms with Gasteiger partial charge in [0.2, 0.25) is 12.5 Å². The number of hydrogen-bond donors (Lipinski definition) is 1. The SMILES string of the molecule is COc1c2c(cc3c1OCO3)[C@@H](O)CN(C(C)C)C2. The Labute approximate surface area is 112 Å². The molecule has 0 aliphatic carbocycles. The molecule has 1 atom stereocenters. The second-order valence-electron chi connectivity index (χ2n) is 5.25. The highest BCUT2D eigenvalue weighted by Crippen LogP contribution is 2.48. The molecule has 104 valence electrons. The summed E-state index contributed by atoms with van der Waals surface area (Å²) in [6.45, 7) is 5.84. The number of fused-ring (bicyclic) bond motifs is 2. The van der Waals surface area contributed by atoms with Crippen LogP contribution in [0, 0.1) is 0 Å². The average molecular weight is 265 g/mol. The van der Waals surface area contributed by atoms with E-state index in [1.165, 1.54) is 0 Å². The maximum atomic E-state index is 10.3. The molecule has 5 nitrogen and oxygen atoms in total. The first-order chi connectivity index (χ1) is 9.11. The molecule has 0 spiro atoms. The summed E-state index contributed by atoms with van der Waals surface area (Å²) in [7, 11) is 1.62. The number of rotatable bonds is 2. The molecular formula is C14H19NO4. The first kappa shape index (κ1) is 12.6. The van der Waals surface area contributed by atoms with E-state index in [1.54, 1.807) is 7.11 Å². The van der Waals surface area contributed by atoms with Gasteiger partial charge >= 0.3 is 0 Å². The lowest BCUT2D eigenvalue weighted by atomic mass is 9.94. The van der Waals surface area contributed by atoms with Crippen molar-refractivity contribution in [3.05, 3.63) is 17.2 Å². The van der Waals surface area contributed by atoms with Crippen molar-refractivity contribution in [1.82, 2.24) is 4.90 Å². The van der Waals surface area contributed by atoms with Crippen LogP contribution in [0.3, 0.4) is 0 Å². The normalized spacial score (nSPS) is 21.6. The lowest BCUT2D eigenvalue weighted by molar-refractivity contribution is 0.0730. The lowest BCUT2D eigenvalue weighted by Crippen LogP contribution is -2.38. The van der Waals surface area contributed by atoms with Gasteiger partial charge in [-0.2, -0.15) is 0 Å². The molecule has 19 heavy (non-hydrogen) atoms. The van der Waals surface area contributed by atoms with Crippen LogP contribution >= 0.6 is 0 Å². The van der Waals surface area contributed by atoms with Gasteiger partial charge in [0.25, 0.3) is 0 Å². The number of methoxy groups -OCH3 is 1. The van der Waals surface area contributed by atoms with E-state index in [1.807, 2.05) is 6.07 Å². The number of hydrogen-bond acceptors (Lipinski definition) is 5. The molecule has 1 aromatic carbocycles. The Kier molecular flexibility index (Phi) is 3.03. The molecule has 3 rings (SSSR count). The lowest BCUT2D eigenvalue weighted by Gasteiger charge is -2.35. The zero-order chi connectivity index (χ0) is 13.6. The average Bonchev–Trinajstić information content (AvgIpc) is 2.84. The van der Waals surface area contributed by atoms with Crippen LogP contribution in [0.25, 0.3) is 0 Å². The summed E-state index contributed by atoms with van der Waals surface area (Å²) in [6, 6.07) is 2.25. The van der Waals surface area contributed by atoms with E-state index in [-0.39, 0.29) is 6.79 Å². The van der Waals surface area contributed by atoms with E-state index in [2.05, 4.69) is 18.7 Å². The van der Waals surface area contributed by atoms with Crippen LogP contribution < -0.4 is 14.2 Å². The van der Waals surface area contributed by atoms with Crippen molar-refractivity contribution in [3.63, 3.8) is 0 Å². The van der Waals surface area contributed by atoms with Crippen molar-refractivity contribution >= 4 is 0 Å². The summed E-state index contributed by atoms with van der Waals surface area (Å²) >= 11 is 0. The van der Waals surface area contributed by atoms with E-state index < -0.39 is 6.10 Å². The van der Waals surface area contributed by atoms with Crippen LogP contribution in [0.2, 0.25) is 0 Å². The molecule has 0 unspecified atom stereocenters. The zero-order valence-electron chi connectivity index (χ0n) is 11.5. The maximum Gasteiger partial charge on any atom is 0.231 e. The number of benzene rings is 1. The second kappa shape index (κ2) is 4.58. The molecule has 5 heteroatoms. The summed E-state index contributed by atoms with van der Waals surface area (Å²) in [5.74, 6) is 2.00. The minimum Gasteiger partial charge on any atom is -0.492 e. The molecule has 0 amide bonds. The highest BCUT2D eigenvalue weighted by atomic mass is 16.7. The summed E-state index contributed by atoms with van der Waals surface area (Å²) in [5.41, 5.74) is 1.89. The van der Waals surface area contributed by atoms with Crippen LogP contribution in [0.1, 0.15) is 31.1 Å². The molecule has 2 aliphatic rings. The Morgan fingerprint density at radius 1 is 1.42 bits per heavy atom. The van der Waals surface area contributed by atoms with Gasteiger partial charge in [0.05, 0.1) is 13.2 Å². The van der Waals surface area contributed by atoms with Crippen LogP contribution in [-0.4, -0.2) is 36.5 Å². The van der Waals surface area contributed by atoms with Crippen LogP contribution in [-0.2, 0) is 6.54 Å². The van der Waals surface area contributed by atoms with Gasteiger partial charge in [-0.05, 0) is 25.5 Å². The van der Waals surface area contributed by atoms with Gasteiger partial charge in [0.1, 0.15) is 0 Å². The van der Waals surface area contributed by atoms with E-state index in [0.717, 1.165) is 17.7 Å². The highest BCUT2D eigenvalue weighted by molar-refractivity contribution is 5.61. The number of ether oxygens (including phenoxy) is 3. The second-order valence-corrected chi connectivity index (χ2v) is 5.25. The predicted molar refractivity (Wildman–Crippen MR) is 69.6 cm³/mol. The quantitative estimate of drug-likeness (QED) is 0.881. The fraction of sp³-hybridized carbons (Fsp3) is 0.571. The Morgan fingerprint density at radius 3 is 2.89 bits per heavy atom. The van der Waals surface area contributed by atoms with Crippen molar-refractivity contribution in [2.75, 3.05) is 20.4 Å². The molecule has 0 aromatic heterocycles. The molecule has 2 aliphatic heterocycles. The Hall–Kier alpha value is -1.46. The molecule has 1 N–H and O–H groups in total. The minimum absolute atomic E-state index is 0.207. The standard InChI is InChI=1S/C14H19NO4/c1-8(2)15-5-10-9(11(16)6-15)4-12-14(13(10)17-3)19-7-18-12/h4,8,11,16H,5-7H2,1-3H3/t11-/m0/s1. The minimum atomic E-state index is -0.519. The number of aliphatic hydroxyl groups is 1. The van der Waals surface area contributed by atoms with Gasteiger partial charge in [-0.3, -0.25) is 4.90 Å². The molecule has 0 saturated heterocycles. The number of nitrogens with zero attached hydrogens (tertiary/aromatic N) is 1. The molecule has 0 radical (unpaired) electrons. The van der Waals surface area contributed by atoms with Crippen molar-refractivity contribution in [2.45, 2.75) is 32.5 Å². The number of aliphatic hydroxyl groups excluding tert-OH is 1. The van der Waals surface area contributed by atoms with E-state index in [4.69, 9.17) is 14.2 Å². The third kappa shape index (κ3) is 1.93. The van der Waals surface area contributed by atoms with Crippen molar-refractivity contribution < 1.29 is 19.3 Å². The smallest absolute Gasteiger partial charge is 0.231 e. The van der Waals surface area contributed by atoms with Gasteiger partial charge in [0, 0.05) is 24.7 Å². The Morgan fingerprint density at radius 2 is 2.21 bits per heavy atom. The first-order valence-electron chi connectivity index (χ1n) is 6.53. The highest BCUT2D eigenvalue weighted by Gasteiger charge is 2.33. The predicted octanol–water partition coefficient (Wildman–Crippen LogP) is 1.68. The molecule has 0 bridgehead atoms. The van der Waals surface area contributed by atoms with Crippen molar-refractivity contribution in [1.29, 1.82) is 0 Å². The van der Waals surface area contributed by atoms with Crippen molar-refractivity contribution in [3.8, 4) is 17.2 Å². The van der Waals surface area contributed by atoms with Gasteiger partial charge in [-0.1, -0.05) is 0 Å². The molecule has 0 fully saturated rings. The van der Waals surface area contributed by atoms with Crippen LogP contribution in [0.15, 0.2) is 6.07 Å². The monoisotopic (exact) mass is 265 g/mol. The third-order valence-corrected chi connectivity index (χ3v) is 3.82. The Balaban J connectivity index is 2.10. The number of β-amino-alcohol motifs (C(OH)–C–C–N with tert-alkyl or cyclic N) is 1. The largest absolute Gasteiger partial charge is 0.492 e. The first-order valence-corrected chi connectivity index (χ1v) is 6.53. The van der Waals surface area contributed by atoms with Crippen LogP contribution in [0.5, 0.6) is 17.2 Å². The third-order valence-electron chi connectivity index (χ3n) is 3.82. The summed E-state index contributed by atoms with van der Waals surface area (Å²) < 4.78 is 16.4. The topological polar surface area (TPSA) is 51.2 Å². The molecule has 1 aromatic rings. The molecule has 2 heterocycles. The van der Waals surface area contributed by atoms with Gasteiger partial charge in [0.15, 0.2) is 11.5 Å². The fourth-order valence-electron chi connectivity index (χ4n) is 2.73. The fourth-order valence-corrected chi connectivity index (χ4v) is 2.73. The van der Waals surface area contributed by atoms with Crippen LogP contribution in [0.4, 0.5) is 0 Å². The van der Waals surface area contributed by atoms with Crippen molar-refractivity contribution in [2.24, 2.45) is 0 Å². The zero-order valence-corrected chi connectivity index (χ0v) is 11.5. The van der Waals surface area contributed by atoms with Gasteiger partial charge in [-0.25, -0.2) is 0 Å². The van der Waals surface area contributed by atoms with Gasteiger partial charge in [-0.15, -0.1) is 0 Å². The van der Waals surface area contributed by atoms with E-state index >= 15 is 0 Å². The Bertz CT molecular complexity index is 501. The summed E-state index contributed by atoms with van der Waals surface area (Å²) in [4.78, 5) is 2.22. The molecular weight excluding hydrogens is 246 g/mol.